The van der Waals surface area contributed by atoms with E-state index in [2.05, 4.69) is 75.1 Å². The second kappa shape index (κ2) is 11.1. The molecule has 3 aromatic heterocycles. The van der Waals surface area contributed by atoms with E-state index < -0.39 is 0 Å². The quantitative estimate of drug-likeness (QED) is 0.271. The monoisotopic (exact) mass is 496 g/mol. The molecular weight excluding hydrogens is 464 g/mol. The summed E-state index contributed by atoms with van der Waals surface area (Å²) in [6, 6.07) is 21.0. The summed E-state index contributed by atoms with van der Waals surface area (Å²) in [6.07, 6.45) is 8.94. The number of benzene rings is 2. The minimum atomic E-state index is 0.651. The highest BCUT2D eigenvalue weighted by molar-refractivity contribution is 7.79. The number of thiol groups is 1. The van der Waals surface area contributed by atoms with Crippen molar-refractivity contribution in [2.75, 3.05) is 31.7 Å². The number of hydrogen-bond acceptors (Lipinski definition) is 6. The second-order valence-electron chi connectivity index (χ2n) is 8.99. The van der Waals surface area contributed by atoms with Crippen LogP contribution in [0.2, 0.25) is 0 Å². The maximum atomic E-state index is 5.18. The van der Waals surface area contributed by atoms with Crippen LogP contribution in [0.5, 0.6) is 0 Å². The lowest BCUT2D eigenvalue weighted by atomic mass is 9.94. The van der Waals surface area contributed by atoms with E-state index in [0.717, 1.165) is 70.1 Å². The van der Waals surface area contributed by atoms with Gasteiger partial charge in [0.2, 0.25) is 0 Å². The van der Waals surface area contributed by atoms with E-state index >= 15 is 0 Å². The number of aromatic nitrogens is 4. The topological polar surface area (TPSA) is 67.1 Å². The van der Waals surface area contributed by atoms with Gasteiger partial charge in [-0.05, 0) is 50.2 Å². The summed E-state index contributed by atoms with van der Waals surface area (Å²) in [7, 11) is 1.92. The van der Waals surface area contributed by atoms with E-state index in [1.54, 1.807) is 6.26 Å². The van der Waals surface area contributed by atoms with Gasteiger partial charge < -0.3 is 10.6 Å². The zero-order valence-electron chi connectivity index (χ0n) is 20.8. The number of nitrogens with zero attached hydrogens (tertiary/aromatic N) is 4. The van der Waals surface area contributed by atoms with Crippen LogP contribution in [0.25, 0.3) is 38.9 Å². The number of pyridine rings is 1. The second-order valence-corrected chi connectivity index (χ2v) is 8.99. The number of anilines is 1. The molecule has 0 amide bonds. The molecule has 6 nitrogen and oxygen atoms in total. The van der Waals surface area contributed by atoms with Crippen molar-refractivity contribution in [2.45, 2.75) is 19.3 Å². The zero-order valence-corrected chi connectivity index (χ0v) is 21.7. The summed E-state index contributed by atoms with van der Waals surface area (Å²) in [4.78, 5) is 14.8. The van der Waals surface area contributed by atoms with Gasteiger partial charge in [0.1, 0.15) is 17.0 Å². The zero-order chi connectivity index (χ0) is 24.9. The predicted octanol–water partition coefficient (Wildman–Crippen LogP) is 5.74. The van der Waals surface area contributed by atoms with Crippen molar-refractivity contribution in [3.05, 3.63) is 78.9 Å². The van der Waals surface area contributed by atoms with E-state index in [0.29, 0.717) is 5.92 Å². The average molecular weight is 497 g/mol. The van der Waals surface area contributed by atoms with Gasteiger partial charge in [0, 0.05) is 42.4 Å². The molecule has 1 saturated heterocycles. The molecule has 2 N–H and O–H groups in total. The van der Waals surface area contributed by atoms with Gasteiger partial charge in [-0.2, -0.15) is 12.6 Å². The molecule has 4 heterocycles. The van der Waals surface area contributed by atoms with E-state index in [4.69, 9.17) is 9.97 Å². The molecule has 0 atom stereocenters. The Labute approximate surface area is 217 Å². The van der Waals surface area contributed by atoms with Crippen molar-refractivity contribution < 1.29 is 0 Å². The van der Waals surface area contributed by atoms with Crippen LogP contribution in [-0.2, 0) is 6.42 Å². The fourth-order valence-electron chi connectivity index (χ4n) is 5.01. The maximum absolute atomic E-state index is 5.18. The summed E-state index contributed by atoms with van der Waals surface area (Å²) in [5, 5.41) is 7.85. The number of piperidine rings is 1. The Morgan fingerprint density at radius 1 is 0.972 bits per heavy atom. The lowest BCUT2D eigenvalue weighted by Crippen LogP contribution is -2.29. The van der Waals surface area contributed by atoms with E-state index in [1.807, 2.05) is 37.6 Å². The van der Waals surface area contributed by atoms with Gasteiger partial charge in [-0.25, -0.2) is 15.0 Å². The number of rotatable bonds is 5. The third-order valence-corrected chi connectivity index (χ3v) is 6.83. The average Bonchev–Trinajstić information content (AvgIpc) is 3.33. The van der Waals surface area contributed by atoms with Crippen LogP contribution in [0.15, 0.2) is 73.1 Å². The predicted molar refractivity (Wildman–Crippen MR) is 153 cm³/mol. The minimum Gasteiger partial charge on any atom is -0.371 e. The first kappa shape index (κ1) is 24.3. The molecule has 1 aliphatic heterocycles. The highest BCUT2D eigenvalue weighted by Crippen LogP contribution is 2.32. The molecule has 0 aliphatic carbocycles. The number of fused-ring (bicyclic) bond motifs is 2. The number of imidazole rings is 1. The van der Waals surface area contributed by atoms with Crippen molar-refractivity contribution >= 4 is 34.9 Å². The van der Waals surface area contributed by atoms with Crippen LogP contribution in [0, 0.1) is 5.92 Å². The SMILES string of the molecule is CNc1nccn2c(CC3CCNCC3)nc(-c3ccc4ccc(-c5ccccc5)nc4c3)c12.CS. The van der Waals surface area contributed by atoms with E-state index in [9.17, 15) is 0 Å². The Bertz CT molecular complexity index is 1460. The van der Waals surface area contributed by atoms with Crippen molar-refractivity contribution in [1.29, 1.82) is 0 Å². The van der Waals surface area contributed by atoms with Crippen molar-refractivity contribution in [1.82, 2.24) is 24.7 Å². The van der Waals surface area contributed by atoms with Gasteiger partial charge in [-0.1, -0.05) is 48.5 Å². The summed E-state index contributed by atoms with van der Waals surface area (Å²) in [5.74, 6) is 2.59. The van der Waals surface area contributed by atoms with Crippen LogP contribution in [-0.4, -0.2) is 45.7 Å². The summed E-state index contributed by atoms with van der Waals surface area (Å²) >= 11 is 3.53. The van der Waals surface area contributed by atoms with E-state index in [1.165, 1.54) is 12.8 Å². The molecule has 6 rings (SSSR count). The lowest BCUT2D eigenvalue weighted by molar-refractivity contribution is 0.367. The highest BCUT2D eigenvalue weighted by atomic mass is 32.1. The molecule has 0 unspecified atom stereocenters. The van der Waals surface area contributed by atoms with Crippen molar-refractivity contribution in [3.8, 4) is 22.5 Å². The van der Waals surface area contributed by atoms with Gasteiger partial charge >= 0.3 is 0 Å². The number of nitrogens with one attached hydrogen (secondary N) is 2. The van der Waals surface area contributed by atoms with Gasteiger partial charge in [-0.15, -0.1) is 0 Å². The molecule has 1 fully saturated rings. The molecule has 1 aliphatic rings. The minimum absolute atomic E-state index is 0.651. The Balaban J connectivity index is 0.00000130. The molecule has 7 heteroatoms. The first-order valence-corrected chi connectivity index (χ1v) is 13.4. The fourth-order valence-corrected chi connectivity index (χ4v) is 5.01. The van der Waals surface area contributed by atoms with Gasteiger partial charge in [-0.3, -0.25) is 4.40 Å². The molecule has 184 valence electrons. The Morgan fingerprint density at radius 3 is 2.53 bits per heavy atom. The molecular formula is C29H32N6S. The van der Waals surface area contributed by atoms with Gasteiger partial charge in [0.25, 0.3) is 0 Å². The standard InChI is InChI=1S/C28H28N6.CH4S/c1-29-28-27-26(33-25(34(27)16-15-31-28)17-19-11-13-30-14-12-19)22-8-7-21-9-10-23(32-24(21)18-22)20-5-3-2-4-6-20;1-2/h2-10,15-16,18-19,30H,11-14,17H2,1H3,(H,29,31);2H,1H3. The molecule has 5 aromatic rings. The van der Waals surface area contributed by atoms with Crippen LogP contribution in [0.3, 0.4) is 0 Å². The third kappa shape index (κ3) is 4.81. The lowest BCUT2D eigenvalue weighted by Gasteiger charge is -2.21. The molecule has 2 aromatic carbocycles. The summed E-state index contributed by atoms with van der Waals surface area (Å²) in [6.45, 7) is 2.18. The highest BCUT2D eigenvalue weighted by Gasteiger charge is 2.21. The smallest absolute Gasteiger partial charge is 0.152 e. The molecule has 0 bridgehead atoms. The Kier molecular flexibility index (Phi) is 7.49. The van der Waals surface area contributed by atoms with Gasteiger partial charge in [0.15, 0.2) is 5.82 Å². The largest absolute Gasteiger partial charge is 0.371 e. The Morgan fingerprint density at radius 2 is 1.75 bits per heavy atom. The van der Waals surface area contributed by atoms with E-state index in [-0.39, 0.29) is 0 Å². The summed E-state index contributed by atoms with van der Waals surface area (Å²) < 4.78 is 2.22. The van der Waals surface area contributed by atoms with Gasteiger partial charge in [0.05, 0.1) is 11.2 Å². The first-order chi connectivity index (χ1) is 17.8. The fraction of sp³-hybridized carbons (Fsp3) is 0.276. The Hall–Kier alpha value is -3.42. The van der Waals surface area contributed by atoms with Crippen LogP contribution >= 0.6 is 12.6 Å². The third-order valence-electron chi connectivity index (χ3n) is 6.83. The van der Waals surface area contributed by atoms with Crippen molar-refractivity contribution in [2.24, 2.45) is 5.92 Å². The summed E-state index contributed by atoms with van der Waals surface area (Å²) in [5.41, 5.74) is 6.10. The molecule has 0 spiro atoms. The maximum Gasteiger partial charge on any atom is 0.152 e. The molecule has 0 saturated carbocycles. The van der Waals surface area contributed by atoms with Crippen LogP contribution < -0.4 is 10.6 Å². The first-order valence-electron chi connectivity index (χ1n) is 12.5. The van der Waals surface area contributed by atoms with Crippen molar-refractivity contribution in [3.63, 3.8) is 0 Å². The number of hydrogen-bond donors (Lipinski definition) is 3. The molecule has 36 heavy (non-hydrogen) atoms. The molecule has 0 radical (unpaired) electrons. The van der Waals surface area contributed by atoms with Crippen LogP contribution in [0.1, 0.15) is 18.7 Å². The normalized spacial score (nSPS) is 14.0. The van der Waals surface area contributed by atoms with Crippen LogP contribution in [0.4, 0.5) is 5.82 Å².